The van der Waals surface area contributed by atoms with Crippen LogP contribution in [0.3, 0.4) is 0 Å². The zero-order valence-corrected chi connectivity index (χ0v) is 10.5. The molecule has 0 radical (unpaired) electrons. The van der Waals surface area contributed by atoms with Gasteiger partial charge in [-0.2, -0.15) is 0 Å². The van der Waals surface area contributed by atoms with Crippen LogP contribution in [0.5, 0.6) is 5.75 Å². The van der Waals surface area contributed by atoms with Crippen molar-refractivity contribution >= 4 is 11.9 Å². The van der Waals surface area contributed by atoms with Crippen molar-refractivity contribution in [3.8, 4) is 5.75 Å². The second-order valence-electron chi connectivity index (χ2n) is 4.33. The zero-order valence-electron chi connectivity index (χ0n) is 10.5. The van der Waals surface area contributed by atoms with Crippen LogP contribution in [0.25, 0.3) is 0 Å². The van der Waals surface area contributed by atoms with Crippen molar-refractivity contribution in [2.75, 3.05) is 0 Å². The number of carbonyl (C=O) groups is 2. The van der Waals surface area contributed by atoms with E-state index in [1.54, 1.807) is 0 Å². The summed E-state index contributed by atoms with van der Waals surface area (Å²) in [6.45, 7) is 0. The number of hydrogen-bond donors (Lipinski definition) is 4. The van der Waals surface area contributed by atoms with Gasteiger partial charge >= 0.3 is 5.97 Å². The third kappa shape index (κ3) is 2.97. The monoisotopic (exact) mass is 275 g/mol. The van der Waals surface area contributed by atoms with Gasteiger partial charge in [0.25, 0.3) is 5.91 Å². The summed E-state index contributed by atoms with van der Waals surface area (Å²) in [4.78, 5) is 23.0. The second kappa shape index (κ2) is 5.48. The largest absolute Gasteiger partial charge is 0.512 e. The molecular formula is C14H13NO5. The number of carboxylic acid groups (broad SMARTS) is 1. The third-order valence-electron chi connectivity index (χ3n) is 2.90. The minimum absolute atomic E-state index is 0.0241. The molecule has 6 heteroatoms. The van der Waals surface area contributed by atoms with E-state index in [0.29, 0.717) is 0 Å². The topological polar surface area (TPSA) is 107 Å². The molecule has 2 rings (SSSR count). The standard InChI is InChI=1S/C14H13NO5/c16-9-3-1-8(2-4-9)13(18)15-12-7-10(17)5-6-11(12)14(19)20/h1-4,7,16-17H,5-6H2,(H,15,18)(H,19,20). The fourth-order valence-corrected chi connectivity index (χ4v) is 1.85. The molecule has 20 heavy (non-hydrogen) atoms. The van der Waals surface area contributed by atoms with Gasteiger partial charge in [-0.15, -0.1) is 0 Å². The van der Waals surface area contributed by atoms with Gasteiger partial charge in [-0.25, -0.2) is 4.79 Å². The third-order valence-corrected chi connectivity index (χ3v) is 2.90. The quantitative estimate of drug-likeness (QED) is 0.671. The summed E-state index contributed by atoms with van der Waals surface area (Å²) in [6.07, 6.45) is 1.63. The lowest BCUT2D eigenvalue weighted by Crippen LogP contribution is -2.26. The summed E-state index contributed by atoms with van der Waals surface area (Å²) in [5.74, 6) is -1.59. The minimum atomic E-state index is -1.13. The Morgan fingerprint density at radius 3 is 2.30 bits per heavy atom. The van der Waals surface area contributed by atoms with Gasteiger partial charge in [-0.3, -0.25) is 4.79 Å². The highest BCUT2D eigenvalue weighted by atomic mass is 16.4. The summed E-state index contributed by atoms with van der Waals surface area (Å²) >= 11 is 0. The highest BCUT2D eigenvalue weighted by molar-refractivity contribution is 5.97. The Morgan fingerprint density at radius 1 is 1.05 bits per heavy atom. The molecule has 1 aliphatic rings. The number of aromatic hydroxyl groups is 1. The maximum atomic E-state index is 12.0. The van der Waals surface area contributed by atoms with E-state index in [0.717, 1.165) is 0 Å². The van der Waals surface area contributed by atoms with E-state index in [4.69, 9.17) is 10.2 Å². The highest BCUT2D eigenvalue weighted by Gasteiger charge is 2.20. The molecule has 0 fully saturated rings. The number of benzene rings is 1. The number of amides is 1. The lowest BCUT2D eigenvalue weighted by molar-refractivity contribution is -0.132. The van der Waals surface area contributed by atoms with Crippen LogP contribution in [0.2, 0.25) is 0 Å². The van der Waals surface area contributed by atoms with E-state index >= 15 is 0 Å². The van der Waals surface area contributed by atoms with E-state index < -0.39 is 11.9 Å². The van der Waals surface area contributed by atoms with Crippen molar-refractivity contribution in [1.29, 1.82) is 0 Å². The average molecular weight is 275 g/mol. The molecule has 0 heterocycles. The van der Waals surface area contributed by atoms with Crippen molar-refractivity contribution in [2.45, 2.75) is 12.8 Å². The van der Waals surface area contributed by atoms with Gasteiger partial charge in [0.15, 0.2) is 0 Å². The molecule has 0 atom stereocenters. The number of rotatable bonds is 3. The first-order valence-electron chi connectivity index (χ1n) is 5.93. The number of nitrogens with one attached hydrogen (secondary N) is 1. The van der Waals surface area contributed by atoms with Crippen LogP contribution in [0, 0.1) is 0 Å². The number of phenols is 1. The molecule has 0 spiro atoms. The minimum Gasteiger partial charge on any atom is -0.512 e. The van der Waals surface area contributed by atoms with Gasteiger partial charge in [-0.1, -0.05) is 0 Å². The number of phenolic OH excluding ortho intramolecular Hbond substituents is 1. The van der Waals surface area contributed by atoms with Crippen LogP contribution in [-0.2, 0) is 4.79 Å². The Hall–Kier alpha value is -2.76. The molecule has 1 aromatic rings. The van der Waals surface area contributed by atoms with E-state index in [9.17, 15) is 14.7 Å². The lowest BCUT2D eigenvalue weighted by atomic mass is 10.0. The number of aliphatic hydroxyl groups excluding tert-OH is 1. The second-order valence-corrected chi connectivity index (χ2v) is 4.33. The van der Waals surface area contributed by atoms with Gasteiger partial charge in [0.2, 0.25) is 0 Å². The van der Waals surface area contributed by atoms with Crippen LogP contribution >= 0.6 is 0 Å². The summed E-state index contributed by atoms with van der Waals surface area (Å²) < 4.78 is 0. The number of allylic oxidation sites excluding steroid dienone is 2. The van der Waals surface area contributed by atoms with Crippen LogP contribution in [0.1, 0.15) is 23.2 Å². The highest BCUT2D eigenvalue weighted by Crippen LogP contribution is 2.21. The molecule has 6 nitrogen and oxygen atoms in total. The van der Waals surface area contributed by atoms with Crippen molar-refractivity contribution in [2.24, 2.45) is 0 Å². The molecule has 0 aromatic heterocycles. The maximum absolute atomic E-state index is 12.0. The zero-order chi connectivity index (χ0) is 14.7. The van der Waals surface area contributed by atoms with Gasteiger partial charge in [0.05, 0.1) is 17.0 Å². The molecule has 0 aliphatic heterocycles. The lowest BCUT2D eigenvalue weighted by Gasteiger charge is -2.15. The first-order chi connectivity index (χ1) is 9.47. The first-order valence-corrected chi connectivity index (χ1v) is 5.93. The van der Waals surface area contributed by atoms with Crippen LogP contribution < -0.4 is 5.32 Å². The maximum Gasteiger partial charge on any atom is 0.333 e. The Kier molecular flexibility index (Phi) is 3.74. The van der Waals surface area contributed by atoms with Crippen LogP contribution in [-0.4, -0.2) is 27.2 Å². The number of hydrogen-bond acceptors (Lipinski definition) is 4. The van der Waals surface area contributed by atoms with E-state index in [1.807, 2.05) is 0 Å². The van der Waals surface area contributed by atoms with Gasteiger partial charge in [-0.05, 0) is 36.8 Å². The molecule has 4 N–H and O–H groups in total. The van der Waals surface area contributed by atoms with Gasteiger partial charge < -0.3 is 20.6 Å². The number of aliphatic hydroxyl groups is 1. The smallest absolute Gasteiger partial charge is 0.333 e. The summed E-state index contributed by atoms with van der Waals surface area (Å²) in [5, 5.41) is 30.1. The molecule has 1 aromatic carbocycles. The van der Waals surface area contributed by atoms with Crippen molar-refractivity contribution in [3.63, 3.8) is 0 Å². The van der Waals surface area contributed by atoms with Crippen molar-refractivity contribution in [1.82, 2.24) is 5.32 Å². The first kappa shape index (κ1) is 13.7. The molecule has 1 aliphatic carbocycles. The number of carboxylic acids is 1. The van der Waals surface area contributed by atoms with Crippen molar-refractivity contribution in [3.05, 3.63) is 52.9 Å². The Morgan fingerprint density at radius 2 is 1.70 bits per heavy atom. The molecule has 0 bridgehead atoms. The summed E-state index contributed by atoms with van der Waals surface area (Å²) in [7, 11) is 0. The normalized spacial score (nSPS) is 14.7. The Labute approximate surface area is 114 Å². The SMILES string of the molecule is O=C(O)C1=C(NC(=O)c2ccc(O)cc2)C=C(O)CC1. The Bertz CT molecular complexity index is 613. The van der Waals surface area contributed by atoms with Crippen LogP contribution in [0.4, 0.5) is 0 Å². The predicted molar refractivity (Wildman–Crippen MR) is 70.2 cm³/mol. The van der Waals surface area contributed by atoms with E-state index in [1.165, 1.54) is 30.3 Å². The van der Waals surface area contributed by atoms with Gasteiger partial charge in [0.1, 0.15) is 5.75 Å². The summed E-state index contributed by atoms with van der Waals surface area (Å²) in [6, 6.07) is 5.54. The van der Waals surface area contributed by atoms with E-state index in [2.05, 4.69) is 5.32 Å². The molecule has 104 valence electrons. The van der Waals surface area contributed by atoms with E-state index in [-0.39, 0.29) is 41.2 Å². The molecule has 0 saturated carbocycles. The number of carbonyl (C=O) groups excluding carboxylic acids is 1. The fraction of sp³-hybridized carbons (Fsp3) is 0.143. The fourth-order valence-electron chi connectivity index (χ4n) is 1.85. The Balaban J connectivity index is 2.25. The average Bonchev–Trinajstić information content (AvgIpc) is 2.39. The van der Waals surface area contributed by atoms with Crippen molar-refractivity contribution < 1.29 is 24.9 Å². The molecule has 0 saturated heterocycles. The predicted octanol–water partition coefficient (Wildman–Crippen LogP) is 1.70. The van der Waals surface area contributed by atoms with Gasteiger partial charge in [0, 0.05) is 12.0 Å². The van der Waals surface area contributed by atoms with Crippen LogP contribution in [0.15, 0.2) is 47.4 Å². The summed E-state index contributed by atoms with van der Waals surface area (Å²) in [5.41, 5.74) is 0.410. The molecule has 0 unspecified atom stereocenters. The number of aliphatic carboxylic acids is 1. The molecular weight excluding hydrogens is 262 g/mol. The molecule has 1 amide bonds.